The Morgan fingerprint density at radius 1 is 1.47 bits per heavy atom. The van der Waals surface area contributed by atoms with Crippen LogP contribution in [0, 0.1) is 0 Å². The van der Waals surface area contributed by atoms with Gasteiger partial charge < -0.3 is 4.42 Å². The molecule has 15 heavy (non-hydrogen) atoms. The Bertz CT molecular complexity index is 415. The lowest BCUT2D eigenvalue weighted by molar-refractivity contribution is -0.116. The lowest BCUT2D eigenvalue weighted by Crippen LogP contribution is -2.12. The summed E-state index contributed by atoms with van der Waals surface area (Å²) in [4.78, 5) is 11.7. The van der Waals surface area contributed by atoms with E-state index in [4.69, 9.17) is 4.42 Å². The van der Waals surface area contributed by atoms with E-state index in [2.05, 4.69) is 15.9 Å². The van der Waals surface area contributed by atoms with Crippen LogP contribution in [0.4, 0.5) is 0 Å². The fraction of sp³-hybridized carbons (Fsp3) is 0.417. The lowest BCUT2D eigenvalue weighted by Gasteiger charge is -2.15. The van der Waals surface area contributed by atoms with Gasteiger partial charge in [-0.1, -0.05) is 5.57 Å². The highest BCUT2D eigenvalue weighted by atomic mass is 79.9. The molecule has 0 unspecified atom stereocenters. The zero-order chi connectivity index (χ0) is 10.8. The molecule has 0 atom stereocenters. The molecule has 80 valence electrons. The predicted octanol–water partition coefficient (Wildman–Crippen LogP) is 3.65. The first-order valence-electron chi connectivity index (χ1n) is 5.12. The third-order valence-electron chi connectivity index (χ3n) is 2.84. The summed E-state index contributed by atoms with van der Waals surface area (Å²) in [5, 5.41) is 0. The molecule has 0 saturated heterocycles. The summed E-state index contributed by atoms with van der Waals surface area (Å²) in [5.41, 5.74) is 2.16. The Morgan fingerprint density at radius 2 is 2.27 bits per heavy atom. The summed E-state index contributed by atoms with van der Waals surface area (Å²) < 4.78 is 6.28. The summed E-state index contributed by atoms with van der Waals surface area (Å²) in [5.74, 6) is 1.13. The maximum atomic E-state index is 11.7. The standard InChI is InChI=1S/C12H13BrO2/c1-8-3-2-4-11(14)9(8)7-12-10(13)5-6-15-12/h5-6H,2-4,7H2,1H3. The van der Waals surface area contributed by atoms with E-state index >= 15 is 0 Å². The SMILES string of the molecule is CC1=C(Cc2occc2Br)C(=O)CCC1. The summed E-state index contributed by atoms with van der Waals surface area (Å²) >= 11 is 3.41. The highest BCUT2D eigenvalue weighted by Gasteiger charge is 2.19. The molecule has 3 heteroatoms. The topological polar surface area (TPSA) is 30.2 Å². The minimum absolute atomic E-state index is 0.280. The first-order chi connectivity index (χ1) is 7.18. The fourth-order valence-electron chi connectivity index (χ4n) is 1.92. The number of hydrogen-bond donors (Lipinski definition) is 0. The minimum Gasteiger partial charge on any atom is -0.468 e. The van der Waals surface area contributed by atoms with Crippen molar-refractivity contribution in [1.29, 1.82) is 0 Å². The fourth-order valence-corrected chi connectivity index (χ4v) is 2.26. The highest BCUT2D eigenvalue weighted by Crippen LogP contribution is 2.27. The second kappa shape index (κ2) is 4.35. The van der Waals surface area contributed by atoms with Gasteiger partial charge in [0.1, 0.15) is 5.76 Å². The van der Waals surface area contributed by atoms with Crippen LogP contribution in [0.3, 0.4) is 0 Å². The van der Waals surface area contributed by atoms with E-state index in [-0.39, 0.29) is 5.78 Å². The maximum Gasteiger partial charge on any atom is 0.159 e. The highest BCUT2D eigenvalue weighted by molar-refractivity contribution is 9.10. The van der Waals surface area contributed by atoms with Gasteiger partial charge in [-0.25, -0.2) is 0 Å². The van der Waals surface area contributed by atoms with Crippen molar-refractivity contribution < 1.29 is 9.21 Å². The number of ketones is 1. The van der Waals surface area contributed by atoms with Gasteiger partial charge in [0.25, 0.3) is 0 Å². The van der Waals surface area contributed by atoms with Crippen molar-refractivity contribution in [3.8, 4) is 0 Å². The third kappa shape index (κ3) is 2.23. The van der Waals surface area contributed by atoms with E-state index in [1.165, 1.54) is 5.57 Å². The second-order valence-corrected chi connectivity index (χ2v) is 4.76. The first-order valence-corrected chi connectivity index (χ1v) is 5.91. The third-order valence-corrected chi connectivity index (χ3v) is 3.54. The maximum absolute atomic E-state index is 11.7. The number of hydrogen-bond acceptors (Lipinski definition) is 2. The second-order valence-electron chi connectivity index (χ2n) is 3.90. The lowest BCUT2D eigenvalue weighted by atomic mass is 9.89. The number of allylic oxidation sites excluding steroid dienone is 2. The van der Waals surface area contributed by atoms with Crippen LogP contribution in [0.2, 0.25) is 0 Å². The van der Waals surface area contributed by atoms with Gasteiger partial charge >= 0.3 is 0 Å². The van der Waals surface area contributed by atoms with Crippen LogP contribution < -0.4 is 0 Å². The van der Waals surface area contributed by atoms with Crippen LogP contribution in [0.25, 0.3) is 0 Å². The van der Waals surface area contributed by atoms with E-state index in [9.17, 15) is 4.79 Å². The molecule has 1 aliphatic carbocycles. The van der Waals surface area contributed by atoms with Gasteiger partial charge in [-0.3, -0.25) is 4.79 Å². The number of furan rings is 1. The van der Waals surface area contributed by atoms with Crippen LogP contribution in [0.1, 0.15) is 31.9 Å². The van der Waals surface area contributed by atoms with Gasteiger partial charge in [0, 0.05) is 18.4 Å². The molecule has 1 aromatic rings. The largest absolute Gasteiger partial charge is 0.468 e. The molecular formula is C12H13BrO2. The number of halogens is 1. The van der Waals surface area contributed by atoms with Crippen molar-refractivity contribution in [3.63, 3.8) is 0 Å². The van der Waals surface area contributed by atoms with Crippen molar-refractivity contribution in [3.05, 3.63) is 33.7 Å². The molecule has 0 spiro atoms. The number of rotatable bonds is 2. The van der Waals surface area contributed by atoms with Gasteiger partial charge in [-0.05, 0) is 41.8 Å². The smallest absolute Gasteiger partial charge is 0.159 e. The summed E-state index contributed by atoms with van der Waals surface area (Å²) in [6.07, 6.45) is 4.98. The van der Waals surface area contributed by atoms with Gasteiger partial charge in [0.2, 0.25) is 0 Å². The normalized spacial score (nSPS) is 17.3. The van der Waals surface area contributed by atoms with Crippen LogP contribution in [-0.4, -0.2) is 5.78 Å². The van der Waals surface area contributed by atoms with E-state index in [0.29, 0.717) is 12.8 Å². The van der Waals surface area contributed by atoms with Crippen molar-refractivity contribution in [2.24, 2.45) is 0 Å². The van der Waals surface area contributed by atoms with E-state index in [1.54, 1.807) is 6.26 Å². The van der Waals surface area contributed by atoms with Crippen molar-refractivity contribution >= 4 is 21.7 Å². The predicted molar refractivity (Wildman–Crippen MR) is 61.7 cm³/mol. The Hall–Kier alpha value is -0.830. The molecule has 0 N–H and O–H groups in total. The van der Waals surface area contributed by atoms with Gasteiger partial charge in [0.15, 0.2) is 5.78 Å². The average Bonchev–Trinajstić information content (AvgIpc) is 2.58. The van der Waals surface area contributed by atoms with Crippen molar-refractivity contribution in [1.82, 2.24) is 0 Å². The molecule has 0 amide bonds. The van der Waals surface area contributed by atoms with E-state index in [1.807, 2.05) is 13.0 Å². The number of carbonyl (C=O) groups is 1. The number of carbonyl (C=O) groups excluding carboxylic acids is 1. The molecule has 1 heterocycles. The van der Waals surface area contributed by atoms with Gasteiger partial charge in [-0.15, -0.1) is 0 Å². The molecule has 0 saturated carbocycles. The molecule has 2 rings (SSSR count). The van der Waals surface area contributed by atoms with Gasteiger partial charge in [0.05, 0.1) is 10.7 Å². The molecule has 0 aliphatic heterocycles. The zero-order valence-electron chi connectivity index (χ0n) is 8.68. The molecule has 0 bridgehead atoms. The minimum atomic E-state index is 0.280. The molecular weight excluding hydrogens is 256 g/mol. The average molecular weight is 269 g/mol. The molecule has 1 aliphatic rings. The Morgan fingerprint density at radius 3 is 2.87 bits per heavy atom. The van der Waals surface area contributed by atoms with Crippen LogP contribution >= 0.6 is 15.9 Å². The molecule has 2 nitrogen and oxygen atoms in total. The van der Waals surface area contributed by atoms with Gasteiger partial charge in [-0.2, -0.15) is 0 Å². The van der Waals surface area contributed by atoms with Crippen molar-refractivity contribution in [2.45, 2.75) is 32.6 Å². The molecule has 0 fully saturated rings. The Balaban J connectivity index is 2.24. The monoisotopic (exact) mass is 268 g/mol. The van der Waals surface area contributed by atoms with Crippen LogP contribution in [-0.2, 0) is 11.2 Å². The molecule has 1 aromatic heterocycles. The quantitative estimate of drug-likeness (QED) is 0.820. The summed E-state index contributed by atoms with van der Waals surface area (Å²) in [7, 11) is 0. The molecule has 0 aromatic carbocycles. The Kier molecular flexibility index (Phi) is 3.10. The van der Waals surface area contributed by atoms with Crippen LogP contribution in [0.15, 0.2) is 32.4 Å². The van der Waals surface area contributed by atoms with E-state index in [0.717, 1.165) is 28.6 Å². The summed E-state index contributed by atoms with van der Waals surface area (Å²) in [6, 6.07) is 1.86. The Labute approximate surface area is 97.5 Å². The van der Waals surface area contributed by atoms with E-state index < -0.39 is 0 Å². The summed E-state index contributed by atoms with van der Waals surface area (Å²) in [6.45, 7) is 2.04. The van der Waals surface area contributed by atoms with Crippen molar-refractivity contribution in [2.75, 3.05) is 0 Å². The first kappa shape index (κ1) is 10.7. The number of Topliss-reactive ketones (excluding diaryl/α,β-unsaturated/α-hetero) is 1. The molecule has 0 radical (unpaired) electrons. The van der Waals surface area contributed by atoms with Crippen LogP contribution in [0.5, 0.6) is 0 Å². The zero-order valence-corrected chi connectivity index (χ0v) is 10.3.